The second-order valence-corrected chi connectivity index (χ2v) is 7.85. The van der Waals surface area contributed by atoms with Crippen LogP contribution in [-0.2, 0) is 11.2 Å². The van der Waals surface area contributed by atoms with Gasteiger partial charge in [0.1, 0.15) is 0 Å². The lowest BCUT2D eigenvalue weighted by Crippen LogP contribution is -2.54. The molecule has 4 nitrogen and oxygen atoms in total. The highest BCUT2D eigenvalue weighted by Crippen LogP contribution is 2.29. The SMILES string of the molecule is CC1CN(C2CC2)CCN1C(=O)CCc1nc2ccccc2s1. The van der Waals surface area contributed by atoms with Gasteiger partial charge in [0.25, 0.3) is 0 Å². The highest BCUT2D eigenvalue weighted by atomic mass is 32.1. The summed E-state index contributed by atoms with van der Waals surface area (Å²) in [6.45, 7) is 5.15. The molecule has 1 saturated carbocycles. The Balaban J connectivity index is 1.34. The van der Waals surface area contributed by atoms with Crippen molar-refractivity contribution in [1.82, 2.24) is 14.8 Å². The van der Waals surface area contributed by atoms with E-state index in [4.69, 9.17) is 0 Å². The standard InChI is InChI=1S/C18H23N3OS/c1-13-12-20(14-6-7-14)10-11-21(13)18(22)9-8-17-19-15-4-2-3-5-16(15)23-17/h2-5,13-14H,6-12H2,1H3. The third-order valence-corrected chi connectivity index (χ3v) is 6.03. The molecule has 2 aliphatic rings. The van der Waals surface area contributed by atoms with Crippen molar-refractivity contribution in [3.05, 3.63) is 29.3 Å². The zero-order valence-corrected chi connectivity index (χ0v) is 14.4. The van der Waals surface area contributed by atoms with E-state index in [1.54, 1.807) is 11.3 Å². The summed E-state index contributed by atoms with van der Waals surface area (Å²) in [5, 5.41) is 1.07. The van der Waals surface area contributed by atoms with Crippen LogP contribution in [0.1, 0.15) is 31.2 Å². The quantitative estimate of drug-likeness (QED) is 0.865. The Morgan fingerprint density at radius 2 is 2.13 bits per heavy atom. The number of piperazine rings is 1. The molecule has 1 aliphatic carbocycles. The second kappa shape index (κ2) is 6.21. The van der Waals surface area contributed by atoms with E-state index in [-0.39, 0.29) is 5.91 Å². The summed E-state index contributed by atoms with van der Waals surface area (Å²) in [6.07, 6.45) is 4.03. The van der Waals surface area contributed by atoms with E-state index >= 15 is 0 Å². The Hall–Kier alpha value is -1.46. The third-order valence-electron chi connectivity index (χ3n) is 4.93. The van der Waals surface area contributed by atoms with Gasteiger partial charge in [0.05, 0.1) is 15.2 Å². The van der Waals surface area contributed by atoms with Gasteiger partial charge in [0.2, 0.25) is 5.91 Å². The zero-order chi connectivity index (χ0) is 15.8. The maximum Gasteiger partial charge on any atom is 0.223 e. The topological polar surface area (TPSA) is 36.4 Å². The minimum absolute atomic E-state index is 0.284. The van der Waals surface area contributed by atoms with E-state index in [1.807, 2.05) is 18.2 Å². The number of rotatable bonds is 4. The van der Waals surface area contributed by atoms with Crippen LogP contribution in [0.15, 0.2) is 24.3 Å². The fourth-order valence-electron chi connectivity index (χ4n) is 3.51. The van der Waals surface area contributed by atoms with Crippen molar-refractivity contribution in [3.8, 4) is 0 Å². The fourth-order valence-corrected chi connectivity index (χ4v) is 4.48. The molecule has 0 N–H and O–H groups in total. The molecule has 0 bridgehead atoms. The lowest BCUT2D eigenvalue weighted by atomic mass is 10.1. The number of carbonyl (C=O) groups is 1. The monoisotopic (exact) mass is 329 g/mol. The average Bonchev–Trinajstić information content (AvgIpc) is 3.32. The van der Waals surface area contributed by atoms with Crippen LogP contribution in [0.25, 0.3) is 10.2 Å². The molecule has 5 heteroatoms. The second-order valence-electron chi connectivity index (χ2n) is 6.74. The molecule has 1 aliphatic heterocycles. The molecule has 23 heavy (non-hydrogen) atoms. The summed E-state index contributed by atoms with van der Waals surface area (Å²) >= 11 is 1.71. The molecule has 4 rings (SSSR count). The number of carbonyl (C=O) groups excluding carboxylic acids is 1. The van der Waals surface area contributed by atoms with Crippen LogP contribution in [0.3, 0.4) is 0 Å². The van der Waals surface area contributed by atoms with E-state index in [0.717, 1.165) is 42.6 Å². The highest BCUT2D eigenvalue weighted by Gasteiger charge is 2.35. The summed E-state index contributed by atoms with van der Waals surface area (Å²) in [7, 11) is 0. The number of thiazole rings is 1. The summed E-state index contributed by atoms with van der Waals surface area (Å²) in [6, 6.07) is 9.33. The average molecular weight is 329 g/mol. The number of benzene rings is 1. The molecule has 1 atom stereocenters. The van der Waals surface area contributed by atoms with Crippen molar-refractivity contribution in [2.45, 2.75) is 44.7 Å². The van der Waals surface area contributed by atoms with Crippen LogP contribution in [0.4, 0.5) is 0 Å². The number of para-hydroxylation sites is 1. The molecular weight excluding hydrogens is 306 g/mol. The predicted molar refractivity (Wildman–Crippen MR) is 93.7 cm³/mol. The van der Waals surface area contributed by atoms with Crippen LogP contribution in [0, 0.1) is 0 Å². The zero-order valence-electron chi connectivity index (χ0n) is 13.6. The van der Waals surface area contributed by atoms with Gasteiger partial charge in [-0.15, -0.1) is 11.3 Å². The molecule has 2 heterocycles. The first-order chi connectivity index (χ1) is 11.2. The lowest BCUT2D eigenvalue weighted by molar-refractivity contribution is -0.135. The van der Waals surface area contributed by atoms with Gasteiger partial charge in [0.15, 0.2) is 0 Å². The minimum atomic E-state index is 0.284. The van der Waals surface area contributed by atoms with E-state index in [9.17, 15) is 4.79 Å². The van der Waals surface area contributed by atoms with Gasteiger partial charge >= 0.3 is 0 Å². The Kier molecular flexibility index (Phi) is 4.07. The summed E-state index contributed by atoms with van der Waals surface area (Å²) in [4.78, 5) is 21.8. The van der Waals surface area contributed by atoms with E-state index in [0.29, 0.717) is 12.5 Å². The molecule has 0 spiro atoms. The predicted octanol–water partition coefficient (Wildman–Crippen LogP) is 2.92. The van der Waals surface area contributed by atoms with Gasteiger partial charge in [0, 0.05) is 44.6 Å². The van der Waals surface area contributed by atoms with Gasteiger partial charge < -0.3 is 4.90 Å². The van der Waals surface area contributed by atoms with Crippen molar-refractivity contribution in [3.63, 3.8) is 0 Å². The number of nitrogens with zero attached hydrogens (tertiary/aromatic N) is 3. The molecule has 1 unspecified atom stereocenters. The Morgan fingerprint density at radius 3 is 2.87 bits per heavy atom. The molecular formula is C18H23N3OS. The number of amides is 1. The van der Waals surface area contributed by atoms with Gasteiger partial charge in [-0.1, -0.05) is 12.1 Å². The molecule has 122 valence electrons. The number of aryl methyl sites for hydroxylation is 1. The van der Waals surface area contributed by atoms with Gasteiger partial charge in [-0.05, 0) is 31.9 Å². The van der Waals surface area contributed by atoms with E-state index < -0.39 is 0 Å². The van der Waals surface area contributed by atoms with Crippen molar-refractivity contribution < 1.29 is 4.79 Å². The first kappa shape index (κ1) is 15.1. The molecule has 1 aromatic heterocycles. The fraction of sp³-hybridized carbons (Fsp3) is 0.556. The Labute approximate surface area is 141 Å². The number of fused-ring (bicyclic) bond motifs is 1. The minimum Gasteiger partial charge on any atom is -0.337 e. The maximum atomic E-state index is 12.6. The van der Waals surface area contributed by atoms with Gasteiger partial charge in [-0.3, -0.25) is 9.69 Å². The van der Waals surface area contributed by atoms with E-state index in [1.165, 1.54) is 17.5 Å². The van der Waals surface area contributed by atoms with Crippen LogP contribution in [0.5, 0.6) is 0 Å². The highest BCUT2D eigenvalue weighted by molar-refractivity contribution is 7.18. The van der Waals surface area contributed by atoms with Crippen LogP contribution in [-0.4, -0.2) is 52.4 Å². The van der Waals surface area contributed by atoms with Gasteiger partial charge in [-0.25, -0.2) is 4.98 Å². The summed E-state index contributed by atoms with van der Waals surface area (Å²) < 4.78 is 1.21. The summed E-state index contributed by atoms with van der Waals surface area (Å²) in [5.74, 6) is 0.284. The normalized spacial score (nSPS) is 22.7. The van der Waals surface area contributed by atoms with Crippen molar-refractivity contribution >= 4 is 27.5 Å². The van der Waals surface area contributed by atoms with Gasteiger partial charge in [-0.2, -0.15) is 0 Å². The maximum absolute atomic E-state index is 12.6. The van der Waals surface area contributed by atoms with Crippen molar-refractivity contribution in [2.24, 2.45) is 0 Å². The first-order valence-corrected chi connectivity index (χ1v) is 9.40. The van der Waals surface area contributed by atoms with E-state index in [2.05, 4.69) is 27.8 Å². The molecule has 2 aromatic rings. The lowest BCUT2D eigenvalue weighted by Gasteiger charge is -2.40. The molecule has 2 fully saturated rings. The number of aromatic nitrogens is 1. The van der Waals surface area contributed by atoms with Crippen LogP contribution in [0.2, 0.25) is 0 Å². The molecule has 1 amide bonds. The number of hydrogen-bond donors (Lipinski definition) is 0. The Morgan fingerprint density at radius 1 is 1.30 bits per heavy atom. The molecule has 1 saturated heterocycles. The number of hydrogen-bond acceptors (Lipinski definition) is 4. The smallest absolute Gasteiger partial charge is 0.223 e. The van der Waals surface area contributed by atoms with Crippen molar-refractivity contribution in [2.75, 3.05) is 19.6 Å². The molecule has 1 aromatic carbocycles. The first-order valence-electron chi connectivity index (χ1n) is 8.58. The van der Waals surface area contributed by atoms with Crippen LogP contribution < -0.4 is 0 Å². The summed E-state index contributed by atoms with van der Waals surface area (Å²) in [5.41, 5.74) is 1.05. The Bertz CT molecular complexity index is 676. The molecule has 0 radical (unpaired) electrons. The van der Waals surface area contributed by atoms with Crippen LogP contribution >= 0.6 is 11.3 Å². The van der Waals surface area contributed by atoms with Crippen molar-refractivity contribution in [1.29, 1.82) is 0 Å². The largest absolute Gasteiger partial charge is 0.337 e. The third kappa shape index (κ3) is 3.26.